The summed E-state index contributed by atoms with van der Waals surface area (Å²) in [4.78, 5) is 21.4. The monoisotopic (exact) mass is 367 g/mol. The highest BCUT2D eigenvalue weighted by Gasteiger charge is 2.38. The van der Waals surface area contributed by atoms with Crippen LogP contribution in [0.2, 0.25) is 0 Å². The number of hydrogen-bond acceptors (Lipinski definition) is 4. The van der Waals surface area contributed by atoms with Crippen molar-refractivity contribution >= 4 is 5.91 Å². The first-order valence-corrected chi connectivity index (χ1v) is 10.1. The Morgan fingerprint density at radius 3 is 2.41 bits per heavy atom. The quantitative estimate of drug-likeness (QED) is 0.754. The van der Waals surface area contributed by atoms with E-state index in [2.05, 4.69) is 38.9 Å². The van der Waals surface area contributed by atoms with Crippen molar-refractivity contribution in [3.8, 4) is 5.69 Å². The van der Waals surface area contributed by atoms with Crippen LogP contribution in [0.3, 0.4) is 0 Å². The van der Waals surface area contributed by atoms with E-state index in [1.807, 2.05) is 19.2 Å². The van der Waals surface area contributed by atoms with E-state index in [1.165, 1.54) is 50.4 Å². The van der Waals surface area contributed by atoms with Gasteiger partial charge in [0.1, 0.15) is 12.7 Å². The van der Waals surface area contributed by atoms with E-state index in [4.69, 9.17) is 0 Å². The molecule has 2 aliphatic rings. The first kappa shape index (κ1) is 18.2. The summed E-state index contributed by atoms with van der Waals surface area (Å²) in [6.07, 6.45) is 10.5. The third-order valence-electron chi connectivity index (χ3n) is 6.05. The minimum atomic E-state index is 0.184. The Balaban J connectivity index is 1.39. The molecule has 144 valence electrons. The van der Waals surface area contributed by atoms with Crippen LogP contribution in [0.1, 0.15) is 57.1 Å². The van der Waals surface area contributed by atoms with Gasteiger partial charge in [0.05, 0.1) is 12.2 Å². The summed E-state index contributed by atoms with van der Waals surface area (Å²) in [5.41, 5.74) is 2.19. The zero-order valence-electron chi connectivity index (χ0n) is 16.3. The van der Waals surface area contributed by atoms with Gasteiger partial charge in [0.25, 0.3) is 0 Å². The molecule has 6 nitrogen and oxygen atoms in total. The molecule has 0 spiro atoms. The van der Waals surface area contributed by atoms with E-state index in [1.54, 1.807) is 11.0 Å². The van der Waals surface area contributed by atoms with Gasteiger partial charge in [0.15, 0.2) is 0 Å². The van der Waals surface area contributed by atoms with Crippen molar-refractivity contribution in [2.75, 3.05) is 13.6 Å². The number of rotatable bonds is 7. The molecule has 6 heteroatoms. The van der Waals surface area contributed by atoms with Gasteiger partial charge in [-0.05, 0) is 57.4 Å². The van der Waals surface area contributed by atoms with Gasteiger partial charge in [-0.25, -0.2) is 9.67 Å². The van der Waals surface area contributed by atoms with Crippen LogP contribution < -0.4 is 0 Å². The molecule has 1 aromatic carbocycles. The molecular formula is C21H29N5O. The molecule has 2 aromatic rings. The Bertz CT molecular complexity index is 747. The Hall–Kier alpha value is -2.21. The first-order chi connectivity index (χ1) is 13.1. The van der Waals surface area contributed by atoms with Crippen LogP contribution in [0.5, 0.6) is 0 Å². The van der Waals surface area contributed by atoms with Crippen molar-refractivity contribution in [1.82, 2.24) is 24.6 Å². The number of likely N-dealkylation sites (N-methyl/N-ethyl adjacent to an activating group) is 1. The molecule has 4 rings (SSSR count). The molecule has 0 saturated heterocycles. The largest absolute Gasteiger partial charge is 0.336 e. The molecule has 0 radical (unpaired) electrons. The summed E-state index contributed by atoms with van der Waals surface area (Å²) >= 11 is 0. The van der Waals surface area contributed by atoms with Crippen LogP contribution >= 0.6 is 0 Å². The maximum absolute atomic E-state index is 13.0. The Labute approximate surface area is 161 Å². The standard InChI is InChI=1S/C21H29N5O/c1-16(17-7-9-18(10-8-17)25-15-22-14-23-25)24(2)13-21(27)26(20-11-12-20)19-5-3-4-6-19/h7-10,14-16,19-20H,3-6,11-13H2,1-2H3. The zero-order valence-corrected chi connectivity index (χ0v) is 16.3. The fourth-order valence-electron chi connectivity index (χ4n) is 4.17. The van der Waals surface area contributed by atoms with Crippen LogP contribution in [0.15, 0.2) is 36.9 Å². The van der Waals surface area contributed by atoms with Gasteiger partial charge in [-0.3, -0.25) is 9.69 Å². The molecular weight excluding hydrogens is 338 g/mol. The number of amides is 1. The molecule has 1 aromatic heterocycles. The average molecular weight is 367 g/mol. The van der Waals surface area contributed by atoms with E-state index in [0.717, 1.165) is 5.69 Å². The van der Waals surface area contributed by atoms with Crippen LogP contribution in [0.25, 0.3) is 5.69 Å². The van der Waals surface area contributed by atoms with Gasteiger partial charge in [-0.1, -0.05) is 25.0 Å². The second-order valence-corrected chi connectivity index (χ2v) is 7.99. The van der Waals surface area contributed by atoms with E-state index in [9.17, 15) is 4.79 Å². The Morgan fingerprint density at radius 2 is 1.81 bits per heavy atom. The van der Waals surface area contributed by atoms with Gasteiger partial charge in [-0.15, -0.1) is 0 Å². The van der Waals surface area contributed by atoms with Crippen molar-refractivity contribution in [3.05, 3.63) is 42.5 Å². The van der Waals surface area contributed by atoms with Gasteiger partial charge in [-0.2, -0.15) is 5.10 Å². The van der Waals surface area contributed by atoms with Gasteiger partial charge in [0.2, 0.25) is 5.91 Å². The lowest BCUT2D eigenvalue weighted by atomic mass is 10.1. The van der Waals surface area contributed by atoms with Crippen LogP contribution in [-0.4, -0.2) is 56.1 Å². The normalized spacial score (nSPS) is 18.8. The third kappa shape index (κ3) is 4.05. The molecule has 2 fully saturated rings. The second kappa shape index (κ2) is 7.80. The van der Waals surface area contributed by atoms with Crippen molar-refractivity contribution in [1.29, 1.82) is 0 Å². The summed E-state index contributed by atoms with van der Waals surface area (Å²) in [6, 6.07) is 9.48. The topological polar surface area (TPSA) is 54.3 Å². The number of carbonyl (C=O) groups is 1. The van der Waals surface area contributed by atoms with E-state index >= 15 is 0 Å². The van der Waals surface area contributed by atoms with E-state index in [-0.39, 0.29) is 6.04 Å². The van der Waals surface area contributed by atoms with Crippen molar-refractivity contribution in [2.24, 2.45) is 0 Å². The number of nitrogens with zero attached hydrogens (tertiary/aromatic N) is 5. The average Bonchev–Trinajstić information content (AvgIpc) is 3.14. The summed E-state index contributed by atoms with van der Waals surface area (Å²) < 4.78 is 1.75. The minimum absolute atomic E-state index is 0.184. The molecule has 27 heavy (non-hydrogen) atoms. The van der Waals surface area contributed by atoms with Gasteiger partial charge < -0.3 is 4.90 Å². The lowest BCUT2D eigenvalue weighted by molar-refractivity contribution is -0.135. The highest BCUT2D eigenvalue weighted by Crippen LogP contribution is 2.34. The third-order valence-corrected chi connectivity index (χ3v) is 6.05. The van der Waals surface area contributed by atoms with Crippen molar-refractivity contribution in [2.45, 2.75) is 63.6 Å². The summed E-state index contributed by atoms with van der Waals surface area (Å²) in [6.45, 7) is 2.65. The predicted molar refractivity (Wildman–Crippen MR) is 105 cm³/mol. The van der Waals surface area contributed by atoms with Crippen LogP contribution in [-0.2, 0) is 4.79 Å². The SMILES string of the molecule is CC(c1ccc(-n2cncn2)cc1)N(C)CC(=O)N(C1CCCC1)C1CC1. The second-order valence-electron chi connectivity index (χ2n) is 7.99. The molecule has 1 unspecified atom stereocenters. The van der Waals surface area contributed by atoms with Crippen molar-refractivity contribution < 1.29 is 4.79 Å². The van der Waals surface area contributed by atoms with E-state index < -0.39 is 0 Å². The maximum Gasteiger partial charge on any atom is 0.237 e. The van der Waals surface area contributed by atoms with Crippen molar-refractivity contribution in [3.63, 3.8) is 0 Å². The Morgan fingerprint density at radius 1 is 1.15 bits per heavy atom. The summed E-state index contributed by atoms with van der Waals surface area (Å²) in [5, 5.41) is 4.16. The molecule has 0 N–H and O–H groups in total. The highest BCUT2D eigenvalue weighted by atomic mass is 16.2. The zero-order chi connectivity index (χ0) is 18.8. The minimum Gasteiger partial charge on any atom is -0.336 e. The molecule has 2 aliphatic carbocycles. The number of hydrogen-bond donors (Lipinski definition) is 0. The Kier molecular flexibility index (Phi) is 5.25. The molecule has 1 atom stereocenters. The highest BCUT2D eigenvalue weighted by molar-refractivity contribution is 5.79. The fraction of sp³-hybridized carbons (Fsp3) is 0.571. The number of carbonyl (C=O) groups excluding carboxylic acids is 1. The van der Waals surface area contributed by atoms with E-state index in [0.29, 0.717) is 24.5 Å². The van der Waals surface area contributed by atoms with Gasteiger partial charge >= 0.3 is 0 Å². The number of aromatic nitrogens is 3. The molecule has 2 saturated carbocycles. The van der Waals surface area contributed by atoms with Crippen LogP contribution in [0, 0.1) is 0 Å². The summed E-state index contributed by atoms with van der Waals surface area (Å²) in [7, 11) is 2.05. The summed E-state index contributed by atoms with van der Waals surface area (Å²) in [5.74, 6) is 0.304. The molecule has 1 amide bonds. The first-order valence-electron chi connectivity index (χ1n) is 10.1. The predicted octanol–water partition coefficient (Wildman–Crippen LogP) is 3.19. The molecule has 0 bridgehead atoms. The fourth-order valence-corrected chi connectivity index (χ4v) is 4.17. The number of benzene rings is 1. The van der Waals surface area contributed by atoms with Gasteiger partial charge in [0, 0.05) is 18.1 Å². The maximum atomic E-state index is 13.0. The lowest BCUT2D eigenvalue weighted by Gasteiger charge is -2.32. The molecule has 0 aliphatic heterocycles. The smallest absolute Gasteiger partial charge is 0.237 e. The van der Waals surface area contributed by atoms with Crippen LogP contribution in [0.4, 0.5) is 0 Å². The lowest BCUT2D eigenvalue weighted by Crippen LogP contribution is -2.45. The molecule has 1 heterocycles.